The van der Waals surface area contributed by atoms with Crippen molar-refractivity contribution in [3.8, 4) is 0 Å². The largest absolute Gasteiger partial charge is 0.481 e. The number of amides is 2. The number of nitro groups is 1. The van der Waals surface area contributed by atoms with Crippen LogP contribution in [0, 0.1) is 22.5 Å². The minimum atomic E-state index is -0.963. The van der Waals surface area contributed by atoms with Crippen LogP contribution in [0.25, 0.3) is 0 Å². The van der Waals surface area contributed by atoms with Gasteiger partial charge in [-0.25, -0.2) is 4.79 Å². The van der Waals surface area contributed by atoms with E-state index in [1.165, 1.54) is 11.0 Å². The van der Waals surface area contributed by atoms with E-state index in [0.29, 0.717) is 28.7 Å². The molecule has 2 amide bonds. The van der Waals surface area contributed by atoms with Crippen molar-refractivity contribution in [1.82, 2.24) is 4.90 Å². The number of nitro benzene ring substituents is 1. The number of carbonyl (C=O) groups excluding carboxylic acids is 1. The van der Waals surface area contributed by atoms with Crippen LogP contribution in [0.1, 0.15) is 18.9 Å². The molecule has 1 unspecified atom stereocenters. The van der Waals surface area contributed by atoms with Gasteiger partial charge in [-0.1, -0.05) is 15.9 Å². The van der Waals surface area contributed by atoms with E-state index < -0.39 is 22.3 Å². The Kier molecular flexibility index (Phi) is 4.60. The quantitative estimate of drug-likeness (QED) is 0.613. The van der Waals surface area contributed by atoms with Gasteiger partial charge in [-0.3, -0.25) is 14.9 Å². The highest BCUT2D eigenvalue weighted by atomic mass is 79.9. The summed E-state index contributed by atoms with van der Waals surface area (Å²) in [5.74, 6) is -0.943. The first kappa shape index (κ1) is 17.2. The van der Waals surface area contributed by atoms with Crippen molar-refractivity contribution in [1.29, 1.82) is 0 Å². The molecule has 0 spiro atoms. The van der Waals surface area contributed by atoms with Gasteiger partial charge in [0.05, 0.1) is 21.6 Å². The number of benzene rings is 1. The van der Waals surface area contributed by atoms with E-state index in [2.05, 4.69) is 21.2 Å². The average Bonchev–Trinajstić information content (AvgIpc) is 2.86. The normalized spacial score (nSPS) is 20.4. The highest BCUT2D eigenvalue weighted by Gasteiger charge is 2.42. The molecule has 0 bridgehead atoms. The summed E-state index contributed by atoms with van der Waals surface area (Å²) in [6.45, 7) is 3.57. The van der Waals surface area contributed by atoms with Crippen LogP contribution in [0.2, 0.25) is 0 Å². The number of aliphatic carboxylic acids is 1. The lowest BCUT2D eigenvalue weighted by Crippen LogP contribution is -2.37. The predicted molar refractivity (Wildman–Crippen MR) is 86.5 cm³/mol. The first-order valence-electron chi connectivity index (χ1n) is 6.88. The Morgan fingerprint density at radius 1 is 1.48 bits per heavy atom. The third-order valence-corrected chi connectivity index (χ3v) is 4.52. The lowest BCUT2D eigenvalue weighted by molar-refractivity contribution is -0.385. The number of anilines is 1. The Balaban J connectivity index is 2.19. The van der Waals surface area contributed by atoms with Crippen molar-refractivity contribution < 1.29 is 19.6 Å². The van der Waals surface area contributed by atoms with Gasteiger partial charge in [0.15, 0.2) is 0 Å². The standard InChI is InChI=1S/C14H16BrN3O5/c1-8-10(5-9(15)6-11(8)18(22)23)16-13(21)17-4-3-14(2,7-17)12(19)20/h5-6H,3-4,7H2,1-2H3,(H,16,21)(H,19,20). The molecule has 0 radical (unpaired) electrons. The van der Waals surface area contributed by atoms with E-state index >= 15 is 0 Å². The van der Waals surface area contributed by atoms with E-state index in [1.54, 1.807) is 19.9 Å². The number of likely N-dealkylation sites (tertiary alicyclic amines) is 1. The van der Waals surface area contributed by atoms with Gasteiger partial charge in [-0.2, -0.15) is 0 Å². The lowest BCUT2D eigenvalue weighted by atomic mass is 9.90. The molecule has 1 aromatic rings. The highest BCUT2D eigenvalue weighted by Crippen LogP contribution is 2.33. The predicted octanol–water partition coefficient (Wildman–Crippen LogP) is 2.99. The highest BCUT2D eigenvalue weighted by molar-refractivity contribution is 9.10. The monoisotopic (exact) mass is 385 g/mol. The molecule has 1 fully saturated rings. The minimum Gasteiger partial charge on any atom is -0.481 e. The summed E-state index contributed by atoms with van der Waals surface area (Å²) >= 11 is 3.18. The number of halogens is 1. The Morgan fingerprint density at radius 3 is 2.65 bits per heavy atom. The topological polar surface area (TPSA) is 113 Å². The number of urea groups is 1. The van der Waals surface area contributed by atoms with Gasteiger partial charge in [0.25, 0.3) is 5.69 Å². The molecule has 0 aliphatic carbocycles. The molecular weight excluding hydrogens is 370 g/mol. The summed E-state index contributed by atoms with van der Waals surface area (Å²) in [6, 6.07) is 2.47. The zero-order valence-corrected chi connectivity index (χ0v) is 14.2. The second kappa shape index (κ2) is 6.15. The summed E-state index contributed by atoms with van der Waals surface area (Å²) in [7, 11) is 0. The number of carboxylic acids is 1. The summed E-state index contributed by atoms with van der Waals surface area (Å²) < 4.78 is 0.474. The number of nitrogens with zero attached hydrogens (tertiary/aromatic N) is 2. The molecule has 1 heterocycles. The van der Waals surface area contributed by atoms with Gasteiger partial charge in [-0.05, 0) is 26.3 Å². The second-order valence-electron chi connectivity index (χ2n) is 5.82. The third kappa shape index (κ3) is 3.44. The van der Waals surface area contributed by atoms with Gasteiger partial charge in [0.2, 0.25) is 0 Å². The average molecular weight is 386 g/mol. The summed E-state index contributed by atoms with van der Waals surface area (Å²) in [5.41, 5.74) is -0.409. The Hall–Kier alpha value is -2.16. The van der Waals surface area contributed by atoms with E-state index in [9.17, 15) is 24.8 Å². The molecule has 9 heteroatoms. The number of hydrogen-bond acceptors (Lipinski definition) is 4. The maximum absolute atomic E-state index is 12.3. The van der Waals surface area contributed by atoms with Crippen molar-refractivity contribution >= 4 is 39.3 Å². The SMILES string of the molecule is Cc1c(NC(=O)N2CCC(C)(C(=O)O)C2)cc(Br)cc1[N+](=O)[O-]. The van der Waals surface area contributed by atoms with Gasteiger partial charge >= 0.3 is 12.0 Å². The first-order valence-corrected chi connectivity index (χ1v) is 7.67. The molecule has 23 heavy (non-hydrogen) atoms. The summed E-state index contributed by atoms with van der Waals surface area (Å²) in [6.07, 6.45) is 0.368. The summed E-state index contributed by atoms with van der Waals surface area (Å²) in [4.78, 5) is 35.4. The fourth-order valence-corrected chi connectivity index (χ4v) is 2.93. The fraction of sp³-hybridized carbons (Fsp3) is 0.429. The Bertz CT molecular complexity index is 693. The van der Waals surface area contributed by atoms with Gasteiger partial charge in [0.1, 0.15) is 0 Å². The van der Waals surface area contributed by atoms with Crippen molar-refractivity contribution in [2.24, 2.45) is 5.41 Å². The van der Waals surface area contributed by atoms with E-state index in [1.807, 2.05) is 0 Å². The third-order valence-electron chi connectivity index (χ3n) is 4.06. The van der Waals surface area contributed by atoms with Crippen LogP contribution < -0.4 is 5.32 Å². The zero-order chi connectivity index (χ0) is 17.4. The van der Waals surface area contributed by atoms with Crippen molar-refractivity contribution in [3.63, 3.8) is 0 Å². The fourth-order valence-electron chi connectivity index (χ4n) is 2.49. The van der Waals surface area contributed by atoms with Crippen LogP contribution in [0.4, 0.5) is 16.2 Å². The molecule has 1 saturated heterocycles. The van der Waals surface area contributed by atoms with Crippen LogP contribution >= 0.6 is 15.9 Å². The molecule has 1 aliphatic rings. The van der Waals surface area contributed by atoms with E-state index in [-0.39, 0.29) is 12.2 Å². The number of rotatable bonds is 3. The first-order chi connectivity index (χ1) is 10.6. The smallest absolute Gasteiger partial charge is 0.321 e. The molecule has 2 rings (SSSR count). The van der Waals surface area contributed by atoms with Crippen LogP contribution in [0.3, 0.4) is 0 Å². The van der Waals surface area contributed by atoms with E-state index in [0.717, 1.165) is 0 Å². The molecule has 1 aromatic carbocycles. The van der Waals surface area contributed by atoms with Crippen molar-refractivity contribution in [3.05, 3.63) is 32.3 Å². The van der Waals surface area contributed by atoms with Gasteiger partial charge in [0, 0.05) is 23.6 Å². The number of hydrogen-bond donors (Lipinski definition) is 2. The maximum Gasteiger partial charge on any atom is 0.321 e. The van der Waals surface area contributed by atoms with Gasteiger partial charge in [-0.15, -0.1) is 0 Å². The second-order valence-corrected chi connectivity index (χ2v) is 6.74. The molecule has 0 saturated carbocycles. The summed E-state index contributed by atoms with van der Waals surface area (Å²) in [5, 5.41) is 22.8. The minimum absolute atomic E-state index is 0.101. The lowest BCUT2D eigenvalue weighted by Gasteiger charge is -2.21. The van der Waals surface area contributed by atoms with Crippen LogP contribution in [0.5, 0.6) is 0 Å². The van der Waals surface area contributed by atoms with E-state index in [4.69, 9.17) is 0 Å². The number of carbonyl (C=O) groups is 2. The van der Waals surface area contributed by atoms with Crippen LogP contribution in [-0.4, -0.2) is 40.0 Å². The van der Waals surface area contributed by atoms with Crippen molar-refractivity contribution in [2.75, 3.05) is 18.4 Å². The Morgan fingerprint density at radius 2 is 2.13 bits per heavy atom. The molecule has 2 N–H and O–H groups in total. The molecule has 8 nitrogen and oxygen atoms in total. The number of nitrogens with one attached hydrogen (secondary N) is 1. The number of carboxylic acid groups (broad SMARTS) is 1. The Labute approximate surface area is 140 Å². The van der Waals surface area contributed by atoms with Gasteiger partial charge < -0.3 is 15.3 Å². The maximum atomic E-state index is 12.3. The molecule has 124 valence electrons. The molecule has 1 atom stereocenters. The molecule has 1 aliphatic heterocycles. The van der Waals surface area contributed by atoms with Crippen LogP contribution in [0.15, 0.2) is 16.6 Å². The van der Waals surface area contributed by atoms with Crippen LogP contribution in [-0.2, 0) is 4.79 Å². The molecular formula is C14H16BrN3O5. The zero-order valence-electron chi connectivity index (χ0n) is 12.6. The van der Waals surface area contributed by atoms with Crippen molar-refractivity contribution in [2.45, 2.75) is 20.3 Å². The molecule has 0 aromatic heterocycles.